The standard InChI is InChI=1S/C25H29F2N7O2/c1-2-18-24(35)30-20-13-16(17(26)14-21(20)28-18)15-32-9-11-33(12-10-32)22-6-5-19(29-23(22)27)25(36)31-34-7-3-4-8-34/h5-6,13-14H,2-4,7-12,15H2,1H3,(H,30,35)(H,31,36). The molecule has 0 bridgehead atoms. The fourth-order valence-electron chi connectivity index (χ4n) is 4.76. The molecule has 5 rings (SSSR count). The van der Waals surface area contributed by atoms with Gasteiger partial charge in [-0.05, 0) is 37.5 Å². The third kappa shape index (κ3) is 5.07. The average molecular weight is 498 g/mol. The molecule has 0 aliphatic carbocycles. The Morgan fingerprint density at radius 3 is 2.50 bits per heavy atom. The van der Waals surface area contributed by atoms with Gasteiger partial charge in [0.05, 0.1) is 16.7 Å². The van der Waals surface area contributed by atoms with Gasteiger partial charge in [0, 0.05) is 57.4 Å². The molecule has 2 aromatic heterocycles. The number of aromatic amines is 1. The lowest BCUT2D eigenvalue weighted by molar-refractivity contribution is 0.0819. The van der Waals surface area contributed by atoms with Crippen molar-refractivity contribution in [2.24, 2.45) is 0 Å². The van der Waals surface area contributed by atoms with Crippen molar-refractivity contribution in [3.05, 3.63) is 63.3 Å². The summed E-state index contributed by atoms with van der Waals surface area (Å²) in [5.41, 5.74) is 4.69. The van der Waals surface area contributed by atoms with Gasteiger partial charge in [-0.2, -0.15) is 4.39 Å². The van der Waals surface area contributed by atoms with E-state index in [1.165, 1.54) is 6.07 Å². The Morgan fingerprint density at radius 2 is 1.81 bits per heavy atom. The number of rotatable bonds is 6. The molecule has 2 saturated heterocycles. The molecular formula is C25H29F2N7O2. The van der Waals surface area contributed by atoms with Crippen molar-refractivity contribution < 1.29 is 13.6 Å². The Morgan fingerprint density at radius 1 is 1.06 bits per heavy atom. The van der Waals surface area contributed by atoms with Gasteiger partial charge in [0.15, 0.2) is 0 Å². The summed E-state index contributed by atoms with van der Waals surface area (Å²) in [6.07, 6.45) is 2.53. The molecule has 0 atom stereocenters. The van der Waals surface area contributed by atoms with Gasteiger partial charge in [-0.15, -0.1) is 0 Å². The Bertz CT molecular complexity index is 1330. The molecule has 0 saturated carbocycles. The molecule has 2 N–H and O–H groups in total. The van der Waals surface area contributed by atoms with Crippen LogP contribution in [0.4, 0.5) is 14.5 Å². The van der Waals surface area contributed by atoms with Gasteiger partial charge >= 0.3 is 0 Å². The van der Waals surface area contributed by atoms with Gasteiger partial charge in [-0.3, -0.25) is 19.9 Å². The van der Waals surface area contributed by atoms with Crippen LogP contribution in [0.3, 0.4) is 0 Å². The largest absolute Gasteiger partial charge is 0.365 e. The molecule has 9 nitrogen and oxygen atoms in total. The lowest BCUT2D eigenvalue weighted by Gasteiger charge is -2.36. The first-order chi connectivity index (χ1) is 17.4. The first kappa shape index (κ1) is 24.3. The van der Waals surface area contributed by atoms with Gasteiger partial charge < -0.3 is 9.88 Å². The molecule has 0 spiro atoms. The number of carbonyl (C=O) groups is 1. The maximum absolute atomic E-state index is 14.8. The van der Waals surface area contributed by atoms with Crippen LogP contribution in [0, 0.1) is 11.8 Å². The van der Waals surface area contributed by atoms with Crippen LogP contribution >= 0.6 is 0 Å². The van der Waals surface area contributed by atoms with Crippen LogP contribution in [0.5, 0.6) is 0 Å². The van der Waals surface area contributed by atoms with E-state index in [-0.39, 0.29) is 17.1 Å². The van der Waals surface area contributed by atoms with E-state index in [1.54, 1.807) is 18.2 Å². The molecular weight excluding hydrogens is 468 g/mol. The SMILES string of the molecule is CCc1nc2cc(F)c(CN3CCN(c4ccc(C(=O)NN5CCCC5)nc4F)CC3)cc2[nH]c1=O. The second-order valence-corrected chi connectivity index (χ2v) is 9.23. The summed E-state index contributed by atoms with van der Waals surface area (Å²) >= 11 is 0. The fourth-order valence-corrected chi connectivity index (χ4v) is 4.76. The number of benzene rings is 1. The van der Waals surface area contributed by atoms with Gasteiger partial charge in [0.1, 0.15) is 17.2 Å². The fraction of sp³-hybridized carbons (Fsp3) is 0.440. The summed E-state index contributed by atoms with van der Waals surface area (Å²) in [5, 5.41) is 1.82. The van der Waals surface area contributed by atoms with Gasteiger partial charge in [-0.25, -0.2) is 19.4 Å². The molecule has 2 fully saturated rings. The van der Waals surface area contributed by atoms with Crippen LogP contribution in [0.2, 0.25) is 0 Å². The first-order valence-electron chi connectivity index (χ1n) is 12.3. The zero-order chi connectivity index (χ0) is 25.2. The minimum atomic E-state index is -0.680. The van der Waals surface area contributed by atoms with E-state index >= 15 is 0 Å². The van der Waals surface area contributed by atoms with Gasteiger partial charge in [-0.1, -0.05) is 6.92 Å². The Hall–Kier alpha value is -3.44. The number of nitrogens with one attached hydrogen (secondary N) is 2. The number of hydrazine groups is 1. The van der Waals surface area contributed by atoms with Gasteiger partial charge in [0.2, 0.25) is 5.95 Å². The third-order valence-corrected chi connectivity index (χ3v) is 6.80. The zero-order valence-corrected chi connectivity index (χ0v) is 20.2. The Labute approximate surface area is 207 Å². The van der Waals surface area contributed by atoms with Gasteiger partial charge in [0.25, 0.3) is 11.5 Å². The van der Waals surface area contributed by atoms with Crippen molar-refractivity contribution in [2.45, 2.75) is 32.7 Å². The molecule has 4 heterocycles. The Kier molecular flexibility index (Phi) is 6.92. The summed E-state index contributed by atoms with van der Waals surface area (Å²) in [7, 11) is 0. The molecule has 1 aromatic carbocycles. The lowest BCUT2D eigenvalue weighted by atomic mass is 10.1. The van der Waals surface area contributed by atoms with E-state index in [0.29, 0.717) is 67.1 Å². The minimum absolute atomic E-state index is 0.0483. The van der Waals surface area contributed by atoms with Crippen molar-refractivity contribution in [3.63, 3.8) is 0 Å². The highest BCUT2D eigenvalue weighted by Crippen LogP contribution is 2.22. The number of aromatic nitrogens is 3. The number of fused-ring (bicyclic) bond motifs is 1. The molecule has 0 unspecified atom stereocenters. The highest BCUT2D eigenvalue weighted by molar-refractivity contribution is 5.92. The monoisotopic (exact) mass is 497 g/mol. The highest BCUT2D eigenvalue weighted by atomic mass is 19.1. The highest BCUT2D eigenvalue weighted by Gasteiger charge is 2.23. The number of hydrogen-bond acceptors (Lipinski definition) is 7. The summed E-state index contributed by atoms with van der Waals surface area (Å²) in [4.78, 5) is 39.4. The predicted molar refractivity (Wildman–Crippen MR) is 132 cm³/mol. The van der Waals surface area contributed by atoms with Crippen LogP contribution < -0.4 is 15.9 Å². The third-order valence-electron chi connectivity index (χ3n) is 6.80. The summed E-state index contributed by atoms with van der Waals surface area (Å²) in [6.45, 7) is 6.02. The topological polar surface area (TPSA) is 97.5 Å². The second-order valence-electron chi connectivity index (χ2n) is 9.23. The summed E-state index contributed by atoms with van der Waals surface area (Å²) in [6, 6.07) is 6.13. The first-order valence-corrected chi connectivity index (χ1v) is 12.3. The molecule has 190 valence electrons. The van der Waals surface area contributed by atoms with Crippen LogP contribution in [0.15, 0.2) is 29.1 Å². The van der Waals surface area contributed by atoms with Crippen LogP contribution in [0.1, 0.15) is 41.5 Å². The summed E-state index contributed by atoms with van der Waals surface area (Å²) in [5.74, 6) is -1.46. The van der Waals surface area contributed by atoms with Crippen molar-refractivity contribution >= 4 is 22.6 Å². The number of H-pyrrole nitrogens is 1. The number of amides is 1. The summed E-state index contributed by atoms with van der Waals surface area (Å²) < 4.78 is 29.6. The minimum Gasteiger partial charge on any atom is -0.365 e. The van der Waals surface area contributed by atoms with Crippen LogP contribution in [0.25, 0.3) is 11.0 Å². The Balaban J connectivity index is 1.22. The zero-order valence-electron chi connectivity index (χ0n) is 20.2. The number of pyridine rings is 1. The van der Waals surface area contributed by atoms with E-state index in [0.717, 1.165) is 25.9 Å². The lowest BCUT2D eigenvalue weighted by Crippen LogP contribution is -2.46. The predicted octanol–water partition coefficient (Wildman–Crippen LogP) is 2.22. The number of nitrogens with zero attached hydrogens (tertiary/aromatic N) is 5. The number of carbonyl (C=O) groups excluding carboxylic acids is 1. The maximum Gasteiger partial charge on any atom is 0.284 e. The molecule has 0 radical (unpaired) electrons. The average Bonchev–Trinajstić information content (AvgIpc) is 3.38. The number of hydrogen-bond donors (Lipinski definition) is 2. The van der Waals surface area contributed by atoms with E-state index < -0.39 is 11.9 Å². The van der Waals surface area contributed by atoms with E-state index in [9.17, 15) is 18.4 Å². The molecule has 2 aliphatic heterocycles. The number of piperazine rings is 1. The van der Waals surface area contributed by atoms with Crippen molar-refractivity contribution in [2.75, 3.05) is 44.2 Å². The number of anilines is 1. The van der Waals surface area contributed by atoms with Crippen molar-refractivity contribution in [1.29, 1.82) is 0 Å². The smallest absolute Gasteiger partial charge is 0.284 e. The molecule has 36 heavy (non-hydrogen) atoms. The van der Waals surface area contributed by atoms with Crippen LogP contribution in [-0.2, 0) is 13.0 Å². The van der Waals surface area contributed by atoms with Crippen molar-refractivity contribution in [1.82, 2.24) is 30.3 Å². The maximum atomic E-state index is 14.8. The normalized spacial score (nSPS) is 17.1. The quantitative estimate of drug-likeness (QED) is 0.504. The van der Waals surface area contributed by atoms with E-state index in [1.807, 2.05) is 16.8 Å². The number of aryl methyl sites for hydroxylation is 1. The molecule has 2 aliphatic rings. The second kappa shape index (κ2) is 10.3. The van der Waals surface area contributed by atoms with Crippen LogP contribution in [-0.4, -0.2) is 70.0 Å². The number of halogens is 2. The van der Waals surface area contributed by atoms with E-state index in [2.05, 4.69) is 25.3 Å². The molecule has 11 heteroatoms. The van der Waals surface area contributed by atoms with E-state index in [4.69, 9.17) is 0 Å². The molecule has 1 amide bonds. The van der Waals surface area contributed by atoms with Crippen molar-refractivity contribution in [3.8, 4) is 0 Å². The molecule has 3 aromatic rings.